The molecule has 1 fully saturated rings. The molecule has 6 aromatic rings. The first-order valence-corrected chi connectivity index (χ1v) is 26.7. The summed E-state index contributed by atoms with van der Waals surface area (Å²) in [6.45, 7) is 13.8. The van der Waals surface area contributed by atoms with Crippen LogP contribution in [0.4, 0.5) is 16.3 Å². The SMILES string of the molecule is COc1ccc(C(OC[C@H]2O[C@@H](n3cnc4c(NC(=O)OCc5cc(OC)c(OC)cc5[N+](=O)[O-])ncnc43)C[C@@H]2OP(OCCSC(=O)C(C)(C)C)N(C(C)C)C(C)C)(c2ccccc2)c2ccc(OC)cc2)cc1. The van der Waals surface area contributed by atoms with Gasteiger partial charge in [-0.1, -0.05) is 87.1 Å². The summed E-state index contributed by atoms with van der Waals surface area (Å²) in [6, 6.07) is 28.1. The van der Waals surface area contributed by atoms with E-state index >= 15 is 0 Å². The number of benzene rings is 4. The lowest BCUT2D eigenvalue weighted by Gasteiger charge is -2.39. The number of hydrogen-bond acceptors (Lipinski definition) is 18. The van der Waals surface area contributed by atoms with Gasteiger partial charge in [0.15, 0.2) is 33.6 Å². The number of methoxy groups -OCH3 is 4. The summed E-state index contributed by atoms with van der Waals surface area (Å²) in [5.41, 5.74) is 1.10. The molecule has 0 saturated carbocycles. The van der Waals surface area contributed by atoms with E-state index in [0.717, 1.165) is 16.7 Å². The Hall–Kier alpha value is -6.45. The molecule has 4 atom stereocenters. The number of rotatable bonds is 24. The van der Waals surface area contributed by atoms with Crippen molar-refractivity contribution >= 4 is 54.2 Å². The molecule has 1 N–H and O–H groups in total. The Morgan fingerprint density at radius 2 is 1.46 bits per heavy atom. The minimum absolute atomic E-state index is 0.00901. The molecule has 22 heteroatoms. The molecular weight excluding hydrogens is 1020 g/mol. The van der Waals surface area contributed by atoms with Crippen molar-refractivity contribution in [3.63, 3.8) is 0 Å². The van der Waals surface area contributed by atoms with E-state index in [1.807, 2.05) is 99.6 Å². The van der Waals surface area contributed by atoms with Crippen molar-refractivity contribution in [1.82, 2.24) is 24.2 Å². The molecule has 1 amide bonds. The standard InChI is InChI=1S/C54H66N7O13PS/c1-34(2)60(35(3)4)75(72-25-26-76-51(62)53(5,6)7)74-45-29-47(59-33-57-48-49(55-32-56-50(48)59)58-52(63)70-30-36-27-43(68-10)44(69-11)28-42(36)61(64)65)73-46(45)31-71-54(37-15-13-12-14-16-37,38-17-21-40(66-8)22-18-38)39-19-23-41(67-9)24-20-39/h12-24,27-28,32-35,45-47H,25-26,29-31H2,1-11H3,(H,55,56,58,63)/t45-,46+,47+,75?/m0/s1. The lowest BCUT2D eigenvalue weighted by atomic mass is 9.80. The molecule has 0 bridgehead atoms. The Bertz CT molecular complexity index is 2850. The highest BCUT2D eigenvalue weighted by Crippen LogP contribution is 2.51. The molecule has 20 nitrogen and oxygen atoms in total. The number of nitrogens with zero attached hydrogens (tertiary/aromatic N) is 6. The average Bonchev–Trinajstić information content (AvgIpc) is 4.04. The number of thioether (sulfide) groups is 1. The molecule has 1 unspecified atom stereocenters. The van der Waals surface area contributed by atoms with Crippen molar-refractivity contribution in [3.8, 4) is 23.0 Å². The van der Waals surface area contributed by atoms with Gasteiger partial charge in [-0.3, -0.25) is 24.8 Å². The zero-order valence-corrected chi connectivity index (χ0v) is 46.3. The number of imidazole rings is 1. The first kappa shape index (κ1) is 57.3. The van der Waals surface area contributed by atoms with Crippen LogP contribution in [0.3, 0.4) is 0 Å². The first-order valence-electron chi connectivity index (χ1n) is 24.6. The zero-order chi connectivity index (χ0) is 54.7. The molecule has 2 aromatic heterocycles. The van der Waals surface area contributed by atoms with Crippen LogP contribution in [0.2, 0.25) is 0 Å². The third-order valence-corrected chi connectivity index (χ3v) is 15.9. The summed E-state index contributed by atoms with van der Waals surface area (Å²) >= 11 is 1.24. The molecule has 1 aliphatic rings. The molecule has 3 heterocycles. The lowest BCUT2D eigenvalue weighted by Crippen LogP contribution is -2.39. The number of fused-ring (bicyclic) bond motifs is 1. The smallest absolute Gasteiger partial charge is 0.413 e. The minimum atomic E-state index is -1.76. The fourth-order valence-electron chi connectivity index (χ4n) is 8.75. The van der Waals surface area contributed by atoms with Crippen LogP contribution in [-0.2, 0) is 40.3 Å². The van der Waals surface area contributed by atoms with Gasteiger partial charge in [-0.05, 0) is 74.7 Å². The van der Waals surface area contributed by atoms with Gasteiger partial charge in [-0.15, -0.1) is 0 Å². The number of nitro groups is 1. The maximum atomic E-state index is 13.3. The minimum Gasteiger partial charge on any atom is -0.497 e. The van der Waals surface area contributed by atoms with Crippen LogP contribution in [0.1, 0.15) is 83.4 Å². The van der Waals surface area contributed by atoms with Crippen LogP contribution in [-0.4, -0.2) is 112 Å². The second kappa shape index (κ2) is 25.6. The lowest BCUT2D eigenvalue weighted by molar-refractivity contribution is -0.385. The Labute approximate surface area is 448 Å². The van der Waals surface area contributed by atoms with Crippen LogP contribution in [0.25, 0.3) is 11.2 Å². The summed E-state index contributed by atoms with van der Waals surface area (Å²) in [5.74, 6) is 2.19. The van der Waals surface area contributed by atoms with Crippen LogP contribution >= 0.6 is 20.3 Å². The predicted molar refractivity (Wildman–Crippen MR) is 289 cm³/mol. The summed E-state index contributed by atoms with van der Waals surface area (Å²) in [7, 11) is 4.24. The molecule has 0 spiro atoms. The summed E-state index contributed by atoms with van der Waals surface area (Å²) in [4.78, 5) is 51.1. The summed E-state index contributed by atoms with van der Waals surface area (Å²) in [6.07, 6.45) is 0.0395. The number of amides is 1. The molecule has 4 aromatic carbocycles. The van der Waals surface area contributed by atoms with Gasteiger partial charge in [-0.2, -0.15) is 0 Å². The van der Waals surface area contributed by atoms with E-state index in [1.54, 1.807) is 25.1 Å². The van der Waals surface area contributed by atoms with Crippen LogP contribution in [0.15, 0.2) is 104 Å². The predicted octanol–water partition coefficient (Wildman–Crippen LogP) is 10.9. The highest BCUT2D eigenvalue weighted by Gasteiger charge is 2.45. The van der Waals surface area contributed by atoms with Gasteiger partial charge in [0, 0.05) is 29.7 Å². The topological polar surface area (TPSA) is 219 Å². The van der Waals surface area contributed by atoms with E-state index < -0.39 is 55.6 Å². The third-order valence-electron chi connectivity index (χ3n) is 12.5. The Morgan fingerprint density at radius 3 is 2.03 bits per heavy atom. The van der Waals surface area contributed by atoms with E-state index in [9.17, 15) is 19.7 Å². The summed E-state index contributed by atoms with van der Waals surface area (Å²) < 4.78 is 59.5. The van der Waals surface area contributed by atoms with Gasteiger partial charge < -0.3 is 42.2 Å². The number of nitrogens with one attached hydrogen (secondary N) is 1. The number of carbonyl (C=O) groups is 2. The summed E-state index contributed by atoms with van der Waals surface area (Å²) in [5, 5.41) is 14.6. The fraction of sp³-hybridized carbons (Fsp3) is 0.426. The quantitative estimate of drug-likeness (QED) is 0.0196. The van der Waals surface area contributed by atoms with E-state index in [1.165, 1.54) is 44.4 Å². The highest BCUT2D eigenvalue weighted by atomic mass is 32.2. The monoisotopic (exact) mass is 1080 g/mol. The Morgan fingerprint density at radius 1 is 0.855 bits per heavy atom. The van der Waals surface area contributed by atoms with E-state index in [4.69, 9.17) is 42.2 Å². The van der Waals surface area contributed by atoms with Crippen LogP contribution in [0, 0.1) is 15.5 Å². The van der Waals surface area contributed by atoms with Crippen molar-refractivity contribution in [2.24, 2.45) is 5.41 Å². The van der Waals surface area contributed by atoms with Gasteiger partial charge >= 0.3 is 6.09 Å². The molecule has 406 valence electrons. The van der Waals surface area contributed by atoms with Gasteiger partial charge in [-0.25, -0.2) is 24.4 Å². The molecule has 0 radical (unpaired) electrons. The first-order chi connectivity index (χ1) is 36.4. The Balaban J connectivity index is 1.23. The van der Waals surface area contributed by atoms with Crippen molar-refractivity contribution in [2.75, 3.05) is 52.7 Å². The van der Waals surface area contributed by atoms with Gasteiger partial charge in [0.1, 0.15) is 42.4 Å². The fourth-order valence-corrected chi connectivity index (χ4v) is 11.4. The van der Waals surface area contributed by atoms with E-state index in [-0.39, 0.29) is 70.9 Å². The zero-order valence-electron chi connectivity index (χ0n) is 44.6. The number of hydrogen-bond donors (Lipinski definition) is 1. The third kappa shape index (κ3) is 13.2. The number of nitro benzene ring substituents is 1. The van der Waals surface area contributed by atoms with Crippen LogP contribution < -0.4 is 24.3 Å². The second-order valence-corrected chi connectivity index (χ2v) is 21.7. The molecule has 7 rings (SSSR count). The Kier molecular flexibility index (Phi) is 19.3. The molecular formula is C54H66N7O13PS. The average molecular weight is 1080 g/mol. The highest BCUT2D eigenvalue weighted by molar-refractivity contribution is 8.13. The number of aromatic nitrogens is 4. The molecule has 76 heavy (non-hydrogen) atoms. The van der Waals surface area contributed by atoms with Gasteiger partial charge in [0.2, 0.25) is 0 Å². The molecule has 1 saturated heterocycles. The van der Waals surface area contributed by atoms with Gasteiger partial charge in [0.25, 0.3) is 14.2 Å². The van der Waals surface area contributed by atoms with Crippen molar-refractivity contribution in [2.45, 2.75) is 97.6 Å². The maximum absolute atomic E-state index is 13.3. The maximum Gasteiger partial charge on any atom is 0.413 e. The van der Waals surface area contributed by atoms with E-state index in [2.05, 4.69) is 52.6 Å². The van der Waals surface area contributed by atoms with Crippen LogP contribution in [0.5, 0.6) is 23.0 Å². The largest absolute Gasteiger partial charge is 0.497 e. The van der Waals surface area contributed by atoms with Crippen molar-refractivity contribution in [1.29, 1.82) is 0 Å². The van der Waals surface area contributed by atoms with E-state index in [0.29, 0.717) is 22.9 Å². The number of anilines is 1. The molecule has 0 aliphatic carbocycles. The second-order valence-electron chi connectivity index (χ2n) is 19.2. The van der Waals surface area contributed by atoms with Crippen molar-refractivity contribution in [3.05, 3.63) is 136 Å². The number of carbonyl (C=O) groups excluding carboxylic acids is 2. The van der Waals surface area contributed by atoms with Crippen molar-refractivity contribution < 1.29 is 56.7 Å². The molecule has 1 aliphatic heterocycles. The van der Waals surface area contributed by atoms with Gasteiger partial charge in [0.05, 0.1) is 70.6 Å². The number of ether oxygens (including phenoxy) is 7. The normalized spacial score (nSPS) is 16.3.